The van der Waals surface area contributed by atoms with Crippen LogP contribution in [0.2, 0.25) is 0 Å². The summed E-state index contributed by atoms with van der Waals surface area (Å²) >= 11 is 0. The van der Waals surface area contributed by atoms with Crippen LogP contribution in [0.4, 0.5) is 0 Å². The summed E-state index contributed by atoms with van der Waals surface area (Å²) in [6.45, 7) is 0.798. The molecule has 3 rings (SSSR count). The van der Waals surface area contributed by atoms with Gasteiger partial charge in [-0.25, -0.2) is 0 Å². The second-order valence-electron chi connectivity index (χ2n) is 6.19. The zero-order valence-corrected chi connectivity index (χ0v) is 15.4. The molecule has 5 nitrogen and oxygen atoms in total. The van der Waals surface area contributed by atoms with E-state index in [1.807, 2.05) is 66.7 Å². The van der Waals surface area contributed by atoms with Gasteiger partial charge < -0.3 is 14.5 Å². The number of hydrogen-bond acceptors (Lipinski definition) is 4. The molecule has 0 radical (unpaired) electrons. The Morgan fingerprint density at radius 3 is 2.48 bits per heavy atom. The summed E-state index contributed by atoms with van der Waals surface area (Å²) in [7, 11) is 1.65. The molecule has 1 aromatic heterocycles. The minimum Gasteiger partial charge on any atom is -0.497 e. The summed E-state index contributed by atoms with van der Waals surface area (Å²) in [6.07, 6.45) is 2.41. The molecule has 0 fully saturated rings. The van der Waals surface area contributed by atoms with Gasteiger partial charge in [-0.05, 0) is 41.8 Å². The van der Waals surface area contributed by atoms with Gasteiger partial charge in [0.15, 0.2) is 0 Å². The molecule has 1 atom stereocenters. The molecule has 5 heteroatoms. The van der Waals surface area contributed by atoms with Gasteiger partial charge in [0.25, 0.3) is 0 Å². The van der Waals surface area contributed by atoms with Crippen molar-refractivity contribution in [1.29, 1.82) is 0 Å². The molecular weight excluding hydrogens is 340 g/mol. The van der Waals surface area contributed by atoms with E-state index < -0.39 is 0 Å². The number of carbonyl (C=O) groups is 1. The summed E-state index contributed by atoms with van der Waals surface area (Å²) in [5, 5.41) is 6.23. The van der Waals surface area contributed by atoms with E-state index in [2.05, 4.69) is 10.6 Å². The molecule has 3 aromatic rings. The maximum Gasteiger partial charge on any atom is 0.233 e. The van der Waals surface area contributed by atoms with E-state index in [-0.39, 0.29) is 18.5 Å². The highest BCUT2D eigenvalue weighted by molar-refractivity contribution is 5.78. The van der Waals surface area contributed by atoms with Gasteiger partial charge >= 0.3 is 0 Å². The number of rotatable bonds is 9. The van der Waals surface area contributed by atoms with Crippen molar-refractivity contribution in [2.24, 2.45) is 0 Å². The molecule has 0 aliphatic carbocycles. The zero-order valence-electron chi connectivity index (χ0n) is 15.4. The highest BCUT2D eigenvalue weighted by Gasteiger charge is 2.17. The first-order valence-corrected chi connectivity index (χ1v) is 8.97. The van der Waals surface area contributed by atoms with Gasteiger partial charge in [0.2, 0.25) is 5.91 Å². The number of hydrogen-bond donors (Lipinski definition) is 2. The highest BCUT2D eigenvalue weighted by Crippen LogP contribution is 2.21. The Hall–Kier alpha value is -3.05. The summed E-state index contributed by atoms with van der Waals surface area (Å²) in [4.78, 5) is 12.2. The Bertz CT molecular complexity index is 815. The van der Waals surface area contributed by atoms with Gasteiger partial charge in [-0.15, -0.1) is 0 Å². The van der Waals surface area contributed by atoms with Crippen LogP contribution < -0.4 is 15.4 Å². The fourth-order valence-corrected chi connectivity index (χ4v) is 2.88. The molecule has 2 N–H and O–H groups in total. The van der Waals surface area contributed by atoms with Gasteiger partial charge in [-0.1, -0.05) is 42.5 Å². The van der Waals surface area contributed by atoms with Crippen LogP contribution in [0.1, 0.15) is 22.9 Å². The lowest BCUT2D eigenvalue weighted by atomic mass is 10.0. The zero-order chi connectivity index (χ0) is 18.9. The Balaban J connectivity index is 1.49. The lowest BCUT2D eigenvalue weighted by molar-refractivity contribution is -0.120. The predicted molar refractivity (Wildman–Crippen MR) is 105 cm³/mol. The van der Waals surface area contributed by atoms with Gasteiger partial charge in [0.1, 0.15) is 11.5 Å². The molecule has 0 aliphatic heterocycles. The highest BCUT2D eigenvalue weighted by atomic mass is 16.5. The van der Waals surface area contributed by atoms with E-state index in [4.69, 9.17) is 9.15 Å². The molecule has 0 aliphatic rings. The van der Waals surface area contributed by atoms with Crippen LogP contribution >= 0.6 is 0 Å². The number of amides is 1. The predicted octanol–water partition coefficient (Wildman–Crippen LogP) is 3.33. The second kappa shape index (κ2) is 9.59. The minimum atomic E-state index is -0.159. The number of benzene rings is 2. The van der Waals surface area contributed by atoms with Crippen molar-refractivity contribution in [3.8, 4) is 5.75 Å². The van der Waals surface area contributed by atoms with Crippen molar-refractivity contribution < 1.29 is 13.9 Å². The summed E-state index contributed by atoms with van der Waals surface area (Å²) < 4.78 is 10.7. The molecular formula is C22H24N2O3. The van der Waals surface area contributed by atoms with Crippen molar-refractivity contribution in [3.05, 3.63) is 89.9 Å². The summed E-state index contributed by atoms with van der Waals surface area (Å²) in [5.41, 5.74) is 2.21. The van der Waals surface area contributed by atoms with Crippen LogP contribution in [0.5, 0.6) is 5.75 Å². The van der Waals surface area contributed by atoms with Crippen LogP contribution in [0.25, 0.3) is 0 Å². The Morgan fingerprint density at radius 1 is 1.04 bits per heavy atom. The van der Waals surface area contributed by atoms with Gasteiger partial charge in [-0.3, -0.25) is 10.1 Å². The van der Waals surface area contributed by atoms with E-state index in [0.29, 0.717) is 6.54 Å². The van der Waals surface area contributed by atoms with Gasteiger partial charge in [0.05, 0.1) is 26.0 Å². The Labute approximate surface area is 159 Å². The third-order valence-corrected chi connectivity index (χ3v) is 4.32. The molecule has 0 saturated carbocycles. The average Bonchev–Trinajstić information content (AvgIpc) is 3.24. The lowest BCUT2D eigenvalue weighted by Crippen LogP contribution is -2.36. The second-order valence-corrected chi connectivity index (χ2v) is 6.19. The van der Waals surface area contributed by atoms with Crippen molar-refractivity contribution in [2.45, 2.75) is 12.5 Å². The topological polar surface area (TPSA) is 63.5 Å². The fraction of sp³-hybridized carbons (Fsp3) is 0.227. The van der Waals surface area contributed by atoms with Crippen LogP contribution in [-0.2, 0) is 11.2 Å². The van der Waals surface area contributed by atoms with E-state index in [9.17, 15) is 4.79 Å². The molecule has 1 amide bonds. The first-order chi connectivity index (χ1) is 13.3. The van der Waals surface area contributed by atoms with Crippen LogP contribution in [0.15, 0.2) is 77.4 Å². The average molecular weight is 364 g/mol. The number of ether oxygens (including phenoxy) is 1. The standard InChI is InChI=1S/C22H24N2O3/c1-26-19-11-9-17(10-12-19)13-14-23-21(25)16-24-22(20-8-5-15-27-20)18-6-3-2-4-7-18/h2-12,15,22,24H,13-14,16H2,1H3,(H,23,25)/t22-/m1/s1. The van der Waals surface area contributed by atoms with E-state index >= 15 is 0 Å². The lowest BCUT2D eigenvalue weighted by Gasteiger charge is -2.17. The fourth-order valence-electron chi connectivity index (χ4n) is 2.88. The molecule has 0 saturated heterocycles. The largest absolute Gasteiger partial charge is 0.497 e. The maximum atomic E-state index is 12.2. The first kappa shape index (κ1) is 18.7. The molecule has 27 heavy (non-hydrogen) atoms. The van der Waals surface area contributed by atoms with Crippen molar-refractivity contribution >= 4 is 5.91 Å². The van der Waals surface area contributed by atoms with Gasteiger partial charge in [0, 0.05) is 6.54 Å². The molecule has 2 aromatic carbocycles. The number of carbonyl (C=O) groups excluding carboxylic acids is 1. The van der Waals surface area contributed by atoms with Crippen molar-refractivity contribution in [2.75, 3.05) is 20.2 Å². The van der Waals surface area contributed by atoms with E-state index in [1.54, 1.807) is 13.4 Å². The monoisotopic (exact) mass is 364 g/mol. The number of furan rings is 1. The normalized spacial score (nSPS) is 11.7. The molecule has 140 valence electrons. The third-order valence-electron chi connectivity index (χ3n) is 4.32. The Morgan fingerprint density at radius 2 is 1.81 bits per heavy atom. The molecule has 1 heterocycles. The maximum absolute atomic E-state index is 12.2. The van der Waals surface area contributed by atoms with Crippen LogP contribution in [-0.4, -0.2) is 26.1 Å². The molecule has 0 bridgehead atoms. The van der Waals surface area contributed by atoms with E-state index in [0.717, 1.165) is 29.1 Å². The summed E-state index contributed by atoms with van der Waals surface area (Å²) in [6, 6.07) is 21.4. The third kappa shape index (κ3) is 5.46. The molecule has 0 spiro atoms. The first-order valence-electron chi connectivity index (χ1n) is 8.97. The summed E-state index contributed by atoms with van der Waals surface area (Å²) in [5.74, 6) is 1.57. The van der Waals surface area contributed by atoms with Crippen molar-refractivity contribution in [1.82, 2.24) is 10.6 Å². The molecule has 0 unspecified atom stereocenters. The smallest absolute Gasteiger partial charge is 0.233 e. The number of methoxy groups -OCH3 is 1. The SMILES string of the molecule is COc1ccc(CCNC(=O)CN[C@H](c2ccccc2)c2ccco2)cc1. The van der Waals surface area contributed by atoms with E-state index in [1.165, 1.54) is 0 Å². The Kier molecular flexibility index (Phi) is 6.66. The number of nitrogens with one attached hydrogen (secondary N) is 2. The van der Waals surface area contributed by atoms with Crippen molar-refractivity contribution in [3.63, 3.8) is 0 Å². The minimum absolute atomic E-state index is 0.0454. The van der Waals surface area contributed by atoms with Crippen LogP contribution in [0.3, 0.4) is 0 Å². The quantitative estimate of drug-likeness (QED) is 0.611. The van der Waals surface area contributed by atoms with Crippen LogP contribution in [0, 0.1) is 0 Å². The van der Waals surface area contributed by atoms with Gasteiger partial charge in [-0.2, -0.15) is 0 Å².